The third kappa shape index (κ3) is 5.31. The van der Waals surface area contributed by atoms with Crippen LogP contribution in [-0.4, -0.2) is 61.2 Å². The van der Waals surface area contributed by atoms with Gasteiger partial charge in [-0.2, -0.15) is 4.31 Å². The van der Waals surface area contributed by atoms with Crippen LogP contribution in [0.2, 0.25) is 5.02 Å². The van der Waals surface area contributed by atoms with E-state index in [-0.39, 0.29) is 17.3 Å². The Balaban J connectivity index is 1.29. The number of nitrogens with zero attached hydrogens (tertiary/aromatic N) is 3. The predicted molar refractivity (Wildman–Crippen MR) is 123 cm³/mol. The van der Waals surface area contributed by atoms with Crippen molar-refractivity contribution in [2.75, 3.05) is 38.0 Å². The SMILES string of the molecule is O=C(CN1CCN(S(=O)(=O)c2ccc(Cl)cc2)CC1)Nc1nc(-c2ccccc2)cs1. The lowest BCUT2D eigenvalue weighted by Crippen LogP contribution is -2.50. The highest BCUT2D eigenvalue weighted by Gasteiger charge is 2.29. The molecule has 0 saturated carbocycles. The van der Waals surface area contributed by atoms with Gasteiger partial charge in [0.1, 0.15) is 0 Å². The maximum absolute atomic E-state index is 12.8. The normalized spacial score (nSPS) is 15.6. The lowest BCUT2D eigenvalue weighted by atomic mass is 10.2. The van der Waals surface area contributed by atoms with Crippen LogP contribution >= 0.6 is 22.9 Å². The number of hydrogen-bond acceptors (Lipinski definition) is 6. The molecule has 3 aromatic rings. The van der Waals surface area contributed by atoms with Gasteiger partial charge < -0.3 is 5.32 Å². The maximum atomic E-state index is 12.8. The van der Waals surface area contributed by atoms with Gasteiger partial charge >= 0.3 is 0 Å². The largest absolute Gasteiger partial charge is 0.301 e. The van der Waals surface area contributed by atoms with E-state index in [1.807, 2.05) is 40.6 Å². The van der Waals surface area contributed by atoms with Crippen LogP contribution in [0.15, 0.2) is 64.9 Å². The Morgan fingerprint density at radius 1 is 1.03 bits per heavy atom. The summed E-state index contributed by atoms with van der Waals surface area (Å²) < 4.78 is 27.0. The number of thiazole rings is 1. The van der Waals surface area contributed by atoms with E-state index < -0.39 is 10.0 Å². The van der Waals surface area contributed by atoms with E-state index in [0.717, 1.165) is 11.3 Å². The van der Waals surface area contributed by atoms with Gasteiger partial charge in [0.25, 0.3) is 0 Å². The molecule has 1 amide bonds. The predicted octanol–water partition coefficient (Wildman–Crippen LogP) is 3.41. The van der Waals surface area contributed by atoms with Gasteiger partial charge in [-0.25, -0.2) is 13.4 Å². The van der Waals surface area contributed by atoms with E-state index in [1.54, 1.807) is 12.1 Å². The van der Waals surface area contributed by atoms with Crippen LogP contribution in [0.25, 0.3) is 11.3 Å². The Morgan fingerprint density at radius 3 is 2.39 bits per heavy atom. The first-order valence-electron chi connectivity index (χ1n) is 9.71. The minimum absolute atomic E-state index is 0.164. The van der Waals surface area contributed by atoms with Crippen LogP contribution in [-0.2, 0) is 14.8 Å². The van der Waals surface area contributed by atoms with E-state index in [0.29, 0.717) is 36.3 Å². The van der Waals surface area contributed by atoms with Crippen molar-refractivity contribution >= 4 is 44.0 Å². The van der Waals surface area contributed by atoms with Crippen molar-refractivity contribution in [3.8, 4) is 11.3 Å². The monoisotopic (exact) mass is 476 g/mol. The molecule has 2 heterocycles. The third-order valence-electron chi connectivity index (χ3n) is 4.97. The minimum Gasteiger partial charge on any atom is -0.301 e. The molecule has 0 radical (unpaired) electrons. The number of benzene rings is 2. The van der Waals surface area contributed by atoms with Crippen molar-refractivity contribution in [3.63, 3.8) is 0 Å². The molecule has 0 unspecified atom stereocenters. The van der Waals surface area contributed by atoms with Gasteiger partial charge in [-0.3, -0.25) is 9.69 Å². The van der Waals surface area contributed by atoms with Gasteiger partial charge in [-0.15, -0.1) is 11.3 Å². The second-order valence-corrected chi connectivity index (χ2v) is 10.3. The molecule has 0 bridgehead atoms. The third-order valence-corrected chi connectivity index (χ3v) is 7.89. The number of carbonyl (C=O) groups is 1. The molecule has 0 atom stereocenters. The number of aromatic nitrogens is 1. The minimum atomic E-state index is -3.56. The average molecular weight is 477 g/mol. The van der Waals surface area contributed by atoms with Crippen molar-refractivity contribution in [1.82, 2.24) is 14.2 Å². The van der Waals surface area contributed by atoms with Crippen molar-refractivity contribution in [2.24, 2.45) is 0 Å². The summed E-state index contributed by atoms with van der Waals surface area (Å²) in [6.07, 6.45) is 0. The summed E-state index contributed by atoms with van der Waals surface area (Å²) in [6, 6.07) is 15.9. The molecule has 162 valence electrons. The fourth-order valence-corrected chi connectivity index (χ4v) is 5.60. The van der Waals surface area contributed by atoms with Crippen molar-refractivity contribution in [2.45, 2.75) is 4.90 Å². The highest BCUT2D eigenvalue weighted by molar-refractivity contribution is 7.89. The van der Waals surface area contributed by atoms with E-state index in [1.165, 1.54) is 27.8 Å². The van der Waals surface area contributed by atoms with Crippen LogP contribution in [0.4, 0.5) is 5.13 Å². The number of halogens is 1. The number of nitrogens with one attached hydrogen (secondary N) is 1. The number of carbonyl (C=O) groups excluding carboxylic acids is 1. The van der Waals surface area contributed by atoms with Gasteiger partial charge in [0.2, 0.25) is 15.9 Å². The standard InChI is InChI=1S/C21H21ClN4O3S2/c22-17-6-8-18(9-7-17)31(28,29)26-12-10-25(11-13-26)14-20(27)24-21-23-19(15-30-21)16-4-2-1-3-5-16/h1-9,15H,10-14H2,(H,23,24,27). The molecule has 4 rings (SSSR count). The Labute approximate surface area is 190 Å². The lowest BCUT2D eigenvalue weighted by molar-refractivity contribution is -0.117. The summed E-state index contributed by atoms with van der Waals surface area (Å²) in [6.45, 7) is 1.80. The topological polar surface area (TPSA) is 82.6 Å². The number of rotatable bonds is 6. The van der Waals surface area contributed by atoms with Crippen molar-refractivity contribution in [1.29, 1.82) is 0 Å². The molecule has 0 spiro atoms. The van der Waals surface area contributed by atoms with Crippen LogP contribution in [0, 0.1) is 0 Å². The molecule has 1 saturated heterocycles. The first-order chi connectivity index (χ1) is 14.9. The summed E-state index contributed by atoms with van der Waals surface area (Å²) in [5, 5.41) is 5.78. The second kappa shape index (κ2) is 9.46. The fourth-order valence-electron chi connectivity index (χ4n) is 3.32. The number of anilines is 1. The zero-order valence-electron chi connectivity index (χ0n) is 16.6. The second-order valence-electron chi connectivity index (χ2n) is 7.09. The molecule has 7 nitrogen and oxygen atoms in total. The van der Waals surface area contributed by atoms with Crippen LogP contribution < -0.4 is 5.32 Å². The van der Waals surface area contributed by atoms with Crippen LogP contribution in [0.3, 0.4) is 0 Å². The van der Waals surface area contributed by atoms with Crippen LogP contribution in [0.1, 0.15) is 0 Å². The Bertz CT molecular complexity index is 1140. The molecule has 10 heteroatoms. The fraction of sp³-hybridized carbons (Fsp3) is 0.238. The highest BCUT2D eigenvalue weighted by atomic mass is 35.5. The maximum Gasteiger partial charge on any atom is 0.243 e. The number of hydrogen-bond donors (Lipinski definition) is 1. The molecule has 0 aliphatic carbocycles. The Kier molecular flexibility index (Phi) is 6.68. The molecule has 1 N–H and O–H groups in total. The van der Waals surface area contributed by atoms with Gasteiger partial charge in [0, 0.05) is 42.1 Å². The van der Waals surface area contributed by atoms with Gasteiger partial charge in [-0.1, -0.05) is 41.9 Å². The first-order valence-corrected chi connectivity index (χ1v) is 12.4. The summed E-state index contributed by atoms with van der Waals surface area (Å²) in [4.78, 5) is 19.1. The quantitative estimate of drug-likeness (QED) is 0.589. The summed E-state index contributed by atoms with van der Waals surface area (Å²) in [5.74, 6) is -0.164. The number of piperazine rings is 1. The zero-order chi connectivity index (χ0) is 21.8. The van der Waals surface area contributed by atoms with Crippen molar-refractivity contribution < 1.29 is 13.2 Å². The molecular weight excluding hydrogens is 456 g/mol. The smallest absolute Gasteiger partial charge is 0.243 e. The summed E-state index contributed by atoms with van der Waals surface area (Å²) in [5.41, 5.74) is 1.82. The summed E-state index contributed by atoms with van der Waals surface area (Å²) >= 11 is 7.23. The first kappa shape index (κ1) is 21.9. The van der Waals surface area contributed by atoms with Crippen LogP contribution in [0.5, 0.6) is 0 Å². The molecule has 1 aromatic heterocycles. The van der Waals surface area contributed by atoms with E-state index in [4.69, 9.17) is 11.6 Å². The van der Waals surface area contributed by atoms with E-state index >= 15 is 0 Å². The lowest BCUT2D eigenvalue weighted by Gasteiger charge is -2.33. The molecule has 1 fully saturated rings. The van der Waals surface area contributed by atoms with E-state index in [9.17, 15) is 13.2 Å². The Morgan fingerprint density at radius 2 is 1.71 bits per heavy atom. The molecule has 1 aliphatic heterocycles. The van der Waals surface area contributed by atoms with Gasteiger partial charge in [-0.05, 0) is 24.3 Å². The van der Waals surface area contributed by atoms with Gasteiger partial charge in [0.15, 0.2) is 5.13 Å². The number of amides is 1. The molecule has 1 aliphatic rings. The highest BCUT2D eigenvalue weighted by Crippen LogP contribution is 2.24. The van der Waals surface area contributed by atoms with Gasteiger partial charge in [0.05, 0.1) is 17.1 Å². The molecular formula is C21H21ClN4O3S2. The molecule has 31 heavy (non-hydrogen) atoms. The zero-order valence-corrected chi connectivity index (χ0v) is 19.0. The summed E-state index contributed by atoms with van der Waals surface area (Å²) in [7, 11) is -3.56. The Hall–Kier alpha value is -2.30. The average Bonchev–Trinajstić information content (AvgIpc) is 3.23. The van der Waals surface area contributed by atoms with E-state index in [2.05, 4.69) is 10.3 Å². The molecule has 2 aromatic carbocycles. The van der Waals surface area contributed by atoms with Crippen molar-refractivity contribution in [3.05, 3.63) is 65.0 Å². The number of sulfonamides is 1.